The molecular weight excluding hydrogens is 276 g/mol. The topological polar surface area (TPSA) is 65.5 Å². The van der Waals surface area contributed by atoms with E-state index in [0.29, 0.717) is 11.2 Å². The maximum atomic E-state index is 11.4. The number of carbonyl (C=O) groups is 2. The van der Waals surface area contributed by atoms with Crippen molar-refractivity contribution in [3.63, 3.8) is 0 Å². The van der Waals surface area contributed by atoms with Gasteiger partial charge in [-0.2, -0.15) is 0 Å². The van der Waals surface area contributed by atoms with Gasteiger partial charge in [0.15, 0.2) is 5.13 Å². The van der Waals surface area contributed by atoms with Gasteiger partial charge in [0.1, 0.15) is 0 Å². The highest BCUT2D eigenvalue weighted by atomic mass is 32.1. The third-order valence-electron chi connectivity index (χ3n) is 3.41. The van der Waals surface area contributed by atoms with Crippen molar-refractivity contribution in [3.05, 3.63) is 11.1 Å². The van der Waals surface area contributed by atoms with Crippen molar-refractivity contribution in [1.82, 2.24) is 14.8 Å². The van der Waals surface area contributed by atoms with E-state index in [1.807, 2.05) is 4.90 Å². The van der Waals surface area contributed by atoms with Crippen molar-refractivity contribution in [2.45, 2.75) is 33.4 Å². The molecule has 0 saturated carbocycles. The average Bonchev–Trinajstić information content (AvgIpc) is 2.78. The predicted molar refractivity (Wildman–Crippen MR) is 78.5 cm³/mol. The molecule has 20 heavy (non-hydrogen) atoms. The molecule has 0 radical (unpaired) electrons. The van der Waals surface area contributed by atoms with Crippen molar-refractivity contribution in [2.75, 3.05) is 25.0 Å². The second kappa shape index (κ2) is 6.32. The highest BCUT2D eigenvalue weighted by molar-refractivity contribution is 7.15. The van der Waals surface area contributed by atoms with Gasteiger partial charge in [-0.25, -0.2) is 4.98 Å². The zero-order valence-corrected chi connectivity index (χ0v) is 12.9. The molecule has 1 aliphatic heterocycles. The van der Waals surface area contributed by atoms with E-state index in [-0.39, 0.29) is 11.8 Å². The molecule has 0 spiro atoms. The van der Waals surface area contributed by atoms with Crippen LogP contribution in [0.25, 0.3) is 0 Å². The van der Waals surface area contributed by atoms with Crippen LogP contribution in [-0.4, -0.2) is 52.3 Å². The molecule has 1 aliphatic rings. The van der Waals surface area contributed by atoms with E-state index in [1.54, 1.807) is 13.1 Å². The molecule has 1 aromatic rings. The molecule has 0 aliphatic carbocycles. The molecule has 6 nitrogen and oxygen atoms in total. The Morgan fingerprint density at radius 1 is 1.45 bits per heavy atom. The van der Waals surface area contributed by atoms with Crippen LogP contribution < -0.4 is 5.32 Å². The Bertz CT molecular complexity index is 502. The van der Waals surface area contributed by atoms with Crippen LogP contribution in [0.3, 0.4) is 0 Å². The second-order valence-corrected chi connectivity index (χ2v) is 6.21. The summed E-state index contributed by atoms with van der Waals surface area (Å²) >= 11 is 1.50. The Morgan fingerprint density at radius 2 is 2.20 bits per heavy atom. The minimum absolute atomic E-state index is 0.102. The number of nitrogens with one attached hydrogen (secondary N) is 1. The molecule has 110 valence electrons. The summed E-state index contributed by atoms with van der Waals surface area (Å²) < 4.78 is 0. The Morgan fingerprint density at radius 3 is 2.80 bits per heavy atom. The largest absolute Gasteiger partial charge is 0.340 e. The lowest BCUT2D eigenvalue weighted by atomic mass is 10.2. The summed E-state index contributed by atoms with van der Waals surface area (Å²) in [6.45, 7) is 8.45. The van der Waals surface area contributed by atoms with Crippen molar-refractivity contribution < 1.29 is 9.59 Å². The quantitative estimate of drug-likeness (QED) is 0.909. The predicted octanol–water partition coefficient (Wildman–Crippen LogP) is 1.15. The number of anilines is 1. The summed E-state index contributed by atoms with van der Waals surface area (Å²) in [6.07, 6.45) is 1.81. The lowest BCUT2D eigenvalue weighted by Gasteiger charge is -2.39. The summed E-state index contributed by atoms with van der Waals surface area (Å²) in [4.78, 5) is 31.9. The Hall–Kier alpha value is -1.47. The zero-order valence-electron chi connectivity index (χ0n) is 12.0. The van der Waals surface area contributed by atoms with Crippen molar-refractivity contribution in [1.29, 1.82) is 0 Å². The minimum Gasteiger partial charge on any atom is -0.340 e. The molecule has 1 unspecified atom stereocenters. The van der Waals surface area contributed by atoms with E-state index in [2.05, 4.69) is 22.1 Å². The normalized spacial score (nSPS) is 19.9. The van der Waals surface area contributed by atoms with Crippen LogP contribution in [0.4, 0.5) is 5.13 Å². The molecule has 0 bridgehead atoms. The van der Waals surface area contributed by atoms with Crippen LogP contribution in [0.1, 0.15) is 25.6 Å². The molecule has 7 heteroatoms. The SMILES string of the molecule is CC(=O)Nc1ncc(CN2CCN(C(C)=O)CC2C)s1. The number of piperazine rings is 1. The van der Waals surface area contributed by atoms with Gasteiger partial charge in [-0.15, -0.1) is 11.3 Å². The number of nitrogens with zero attached hydrogens (tertiary/aromatic N) is 3. The average molecular weight is 296 g/mol. The van der Waals surface area contributed by atoms with Crippen molar-refractivity contribution in [2.24, 2.45) is 0 Å². The Kier molecular flexibility index (Phi) is 4.72. The molecule has 0 aromatic carbocycles. The Labute approximate surface area is 122 Å². The van der Waals surface area contributed by atoms with Gasteiger partial charge >= 0.3 is 0 Å². The smallest absolute Gasteiger partial charge is 0.223 e. The van der Waals surface area contributed by atoms with E-state index in [4.69, 9.17) is 0 Å². The highest BCUT2D eigenvalue weighted by Gasteiger charge is 2.25. The van der Waals surface area contributed by atoms with Crippen molar-refractivity contribution in [3.8, 4) is 0 Å². The van der Waals surface area contributed by atoms with E-state index in [0.717, 1.165) is 31.1 Å². The molecular formula is C13H20N4O2S. The first kappa shape index (κ1) is 14.9. The fraction of sp³-hybridized carbons (Fsp3) is 0.615. The van der Waals surface area contributed by atoms with E-state index in [9.17, 15) is 9.59 Å². The van der Waals surface area contributed by atoms with Crippen LogP contribution in [0.5, 0.6) is 0 Å². The number of hydrogen-bond donors (Lipinski definition) is 1. The molecule has 1 aromatic heterocycles. The first-order valence-electron chi connectivity index (χ1n) is 6.67. The molecule has 1 fully saturated rings. The van der Waals surface area contributed by atoms with Gasteiger partial charge < -0.3 is 10.2 Å². The second-order valence-electron chi connectivity index (χ2n) is 5.10. The molecule has 1 saturated heterocycles. The maximum absolute atomic E-state index is 11.4. The van der Waals surface area contributed by atoms with E-state index >= 15 is 0 Å². The molecule has 2 amide bonds. The van der Waals surface area contributed by atoms with Crippen LogP contribution in [0.15, 0.2) is 6.20 Å². The van der Waals surface area contributed by atoms with Crippen LogP contribution in [-0.2, 0) is 16.1 Å². The van der Waals surface area contributed by atoms with Gasteiger partial charge in [0.2, 0.25) is 11.8 Å². The van der Waals surface area contributed by atoms with E-state index in [1.165, 1.54) is 18.3 Å². The summed E-state index contributed by atoms with van der Waals surface area (Å²) in [5, 5.41) is 3.33. The standard InChI is InChI=1S/C13H20N4O2S/c1-9-7-17(11(3)19)5-4-16(9)8-12-6-14-13(20-12)15-10(2)18/h6,9H,4-5,7-8H2,1-3H3,(H,14,15,18). The number of carbonyl (C=O) groups excluding carboxylic acids is 2. The summed E-state index contributed by atoms with van der Waals surface area (Å²) in [7, 11) is 0. The first-order valence-corrected chi connectivity index (χ1v) is 7.49. The van der Waals surface area contributed by atoms with Gasteiger partial charge in [0.05, 0.1) is 0 Å². The molecule has 1 N–H and O–H groups in total. The van der Waals surface area contributed by atoms with Crippen LogP contribution in [0, 0.1) is 0 Å². The fourth-order valence-corrected chi connectivity index (χ4v) is 3.19. The first-order chi connectivity index (χ1) is 9.45. The van der Waals surface area contributed by atoms with Gasteiger partial charge in [-0.05, 0) is 6.92 Å². The molecule has 1 atom stereocenters. The Balaban J connectivity index is 1.92. The summed E-state index contributed by atoms with van der Waals surface area (Å²) in [5.74, 6) is 0.0385. The van der Waals surface area contributed by atoms with Gasteiger partial charge in [-0.1, -0.05) is 0 Å². The molecule has 2 heterocycles. The summed E-state index contributed by atoms with van der Waals surface area (Å²) in [5.41, 5.74) is 0. The van der Waals surface area contributed by atoms with E-state index < -0.39 is 0 Å². The third-order valence-corrected chi connectivity index (χ3v) is 4.30. The number of rotatable bonds is 3. The summed E-state index contributed by atoms with van der Waals surface area (Å²) in [6, 6.07) is 0.332. The number of amides is 2. The zero-order chi connectivity index (χ0) is 14.7. The fourth-order valence-electron chi connectivity index (χ4n) is 2.31. The lowest BCUT2D eigenvalue weighted by molar-refractivity contribution is -0.131. The maximum Gasteiger partial charge on any atom is 0.223 e. The number of hydrogen-bond acceptors (Lipinski definition) is 5. The lowest BCUT2D eigenvalue weighted by Crippen LogP contribution is -2.52. The van der Waals surface area contributed by atoms with Gasteiger partial charge in [0, 0.05) is 57.1 Å². The molecule has 2 rings (SSSR count). The monoisotopic (exact) mass is 296 g/mol. The van der Waals surface area contributed by atoms with Crippen molar-refractivity contribution >= 4 is 28.3 Å². The van der Waals surface area contributed by atoms with Crippen LogP contribution >= 0.6 is 11.3 Å². The minimum atomic E-state index is -0.102. The number of aromatic nitrogens is 1. The third kappa shape index (κ3) is 3.77. The highest BCUT2D eigenvalue weighted by Crippen LogP contribution is 2.21. The van der Waals surface area contributed by atoms with Gasteiger partial charge in [0.25, 0.3) is 0 Å². The number of thiazole rings is 1. The van der Waals surface area contributed by atoms with Gasteiger partial charge in [-0.3, -0.25) is 14.5 Å². The van der Waals surface area contributed by atoms with Crippen LogP contribution in [0.2, 0.25) is 0 Å².